The Labute approximate surface area is 117 Å². The van der Waals surface area contributed by atoms with Gasteiger partial charge in [0.15, 0.2) is 0 Å². The number of halogens is 1. The number of benzene rings is 1. The number of nitrogen functional groups attached to an aromatic ring is 1. The molecule has 3 N–H and O–H groups in total. The molecule has 3 nitrogen and oxygen atoms in total. The Morgan fingerprint density at radius 1 is 1.33 bits per heavy atom. The fourth-order valence-corrected chi connectivity index (χ4v) is 3.04. The second-order valence-corrected chi connectivity index (χ2v) is 6.35. The van der Waals surface area contributed by atoms with Gasteiger partial charge in [-0.05, 0) is 66.7 Å². The minimum absolute atomic E-state index is 0.524. The number of hydrogen-bond donors (Lipinski definition) is 2. The van der Waals surface area contributed by atoms with Crippen LogP contribution in [-0.4, -0.2) is 23.8 Å². The maximum atomic E-state index is 10.1. The van der Waals surface area contributed by atoms with Crippen LogP contribution in [0, 0.1) is 6.92 Å². The van der Waals surface area contributed by atoms with E-state index in [1.165, 1.54) is 5.69 Å². The monoisotopic (exact) mass is 312 g/mol. The van der Waals surface area contributed by atoms with Crippen molar-refractivity contribution in [2.75, 3.05) is 23.7 Å². The topological polar surface area (TPSA) is 49.5 Å². The summed E-state index contributed by atoms with van der Waals surface area (Å²) in [5, 5.41) is 10.1. The van der Waals surface area contributed by atoms with Crippen LogP contribution in [0.5, 0.6) is 0 Å². The molecule has 1 fully saturated rings. The first kappa shape index (κ1) is 13.7. The van der Waals surface area contributed by atoms with Crippen molar-refractivity contribution >= 4 is 27.3 Å². The quantitative estimate of drug-likeness (QED) is 0.783. The van der Waals surface area contributed by atoms with E-state index in [4.69, 9.17) is 5.73 Å². The first-order valence-electron chi connectivity index (χ1n) is 6.42. The molecule has 0 bridgehead atoms. The molecular weight excluding hydrogens is 292 g/mol. The predicted octanol–water partition coefficient (Wildman–Crippen LogP) is 3.08. The lowest BCUT2D eigenvalue weighted by atomic mass is 9.98. The van der Waals surface area contributed by atoms with Crippen LogP contribution in [-0.2, 0) is 0 Å². The number of anilines is 2. The fraction of sp³-hybridized carbons (Fsp3) is 0.571. The third-order valence-electron chi connectivity index (χ3n) is 3.74. The van der Waals surface area contributed by atoms with Gasteiger partial charge in [0.25, 0.3) is 0 Å². The van der Waals surface area contributed by atoms with Gasteiger partial charge in [-0.1, -0.05) is 0 Å². The molecule has 0 aliphatic carbocycles. The summed E-state index contributed by atoms with van der Waals surface area (Å²) in [6, 6.07) is 4.09. The highest BCUT2D eigenvalue weighted by Gasteiger charge is 2.25. The lowest BCUT2D eigenvalue weighted by Crippen LogP contribution is -2.28. The van der Waals surface area contributed by atoms with Gasteiger partial charge < -0.3 is 15.7 Å². The molecule has 2 rings (SSSR count). The molecule has 0 amide bonds. The van der Waals surface area contributed by atoms with Gasteiger partial charge in [-0.25, -0.2) is 0 Å². The van der Waals surface area contributed by atoms with Gasteiger partial charge in [-0.15, -0.1) is 0 Å². The second-order valence-electron chi connectivity index (χ2n) is 5.50. The number of aliphatic hydroxyl groups is 1. The summed E-state index contributed by atoms with van der Waals surface area (Å²) in [5.74, 6) is 0. The summed E-state index contributed by atoms with van der Waals surface area (Å²) in [7, 11) is 0. The maximum Gasteiger partial charge on any atom is 0.0637 e. The van der Waals surface area contributed by atoms with E-state index in [1.54, 1.807) is 0 Å². The molecule has 4 heteroatoms. The predicted molar refractivity (Wildman–Crippen MR) is 80.0 cm³/mol. The Bertz CT molecular complexity index is 446. The second kappa shape index (κ2) is 5.10. The highest BCUT2D eigenvalue weighted by molar-refractivity contribution is 9.10. The highest BCUT2D eigenvalue weighted by Crippen LogP contribution is 2.33. The van der Waals surface area contributed by atoms with E-state index in [0.717, 1.165) is 48.1 Å². The molecule has 0 radical (unpaired) electrons. The van der Waals surface area contributed by atoms with Gasteiger partial charge in [0.05, 0.1) is 11.3 Å². The fourth-order valence-electron chi connectivity index (χ4n) is 2.43. The molecule has 100 valence electrons. The minimum atomic E-state index is -0.524. The first-order valence-corrected chi connectivity index (χ1v) is 7.21. The van der Waals surface area contributed by atoms with Crippen LogP contribution < -0.4 is 10.6 Å². The molecule has 1 heterocycles. The molecule has 18 heavy (non-hydrogen) atoms. The lowest BCUT2D eigenvalue weighted by Gasteiger charge is -2.26. The number of rotatable bonds is 1. The molecule has 1 atom stereocenters. The van der Waals surface area contributed by atoms with Gasteiger partial charge in [0.1, 0.15) is 0 Å². The van der Waals surface area contributed by atoms with Gasteiger partial charge in [-0.3, -0.25) is 0 Å². The molecule has 1 unspecified atom stereocenters. The van der Waals surface area contributed by atoms with Crippen LogP contribution in [0.2, 0.25) is 0 Å². The van der Waals surface area contributed by atoms with Crippen molar-refractivity contribution in [3.63, 3.8) is 0 Å². The summed E-state index contributed by atoms with van der Waals surface area (Å²) >= 11 is 3.59. The minimum Gasteiger partial charge on any atom is -0.398 e. The normalized spacial score (nSPS) is 25.0. The number of hydrogen-bond acceptors (Lipinski definition) is 3. The van der Waals surface area contributed by atoms with Gasteiger partial charge in [0.2, 0.25) is 0 Å². The Kier molecular flexibility index (Phi) is 3.87. The molecule has 0 spiro atoms. The van der Waals surface area contributed by atoms with Crippen LogP contribution in [0.3, 0.4) is 0 Å². The van der Waals surface area contributed by atoms with E-state index in [0.29, 0.717) is 0 Å². The number of nitrogens with two attached hydrogens (primary N) is 1. The molecule has 0 saturated carbocycles. The van der Waals surface area contributed by atoms with Crippen molar-refractivity contribution in [1.29, 1.82) is 0 Å². The summed E-state index contributed by atoms with van der Waals surface area (Å²) in [5.41, 5.74) is 8.47. The van der Waals surface area contributed by atoms with E-state index >= 15 is 0 Å². The van der Waals surface area contributed by atoms with E-state index in [2.05, 4.69) is 26.9 Å². The van der Waals surface area contributed by atoms with E-state index in [-0.39, 0.29) is 0 Å². The summed E-state index contributed by atoms with van der Waals surface area (Å²) in [6.07, 6.45) is 2.70. The van der Waals surface area contributed by atoms with E-state index < -0.39 is 5.60 Å². The van der Waals surface area contributed by atoms with Crippen molar-refractivity contribution < 1.29 is 5.11 Å². The van der Waals surface area contributed by atoms with Crippen LogP contribution in [0.15, 0.2) is 16.6 Å². The van der Waals surface area contributed by atoms with Crippen LogP contribution >= 0.6 is 15.9 Å². The molecule has 1 aromatic carbocycles. The third kappa shape index (κ3) is 2.98. The Balaban J connectivity index is 2.24. The zero-order chi connectivity index (χ0) is 13.3. The van der Waals surface area contributed by atoms with Crippen LogP contribution in [0.1, 0.15) is 31.7 Å². The largest absolute Gasteiger partial charge is 0.398 e. The van der Waals surface area contributed by atoms with E-state index in [9.17, 15) is 5.11 Å². The Morgan fingerprint density at radius 3 is 2.78 bits per heavy atom. The zero-order valence-electron chi connectivity index (χ0n) is 11.0. The summed E-state index contributed by atoms with van der Waals surface area (Å²) in [6.45, 7) is 5.83. The summed E-state index contributed by atoms with van der Waals surface area (Å²) in [4.78, 5) is 2.33. The molecule has 1 aromatic rings. The molecular formula is C14H21BrN2O. The SMILES string of the molecule is Cc1cc(N2CCCC(C)(O)CC2)c(Br)cc1N. The summed E-state index contributed by atoms with van der Waals surface area (Å²) < 4.78 is 1.03. The Hall–Kier alpha value is -0.740. The van der Waals surface area contributed by atoms with Gasteiger partial charge in [0, 0.05) is 23.2 Å². The van der Waals surface area contributed by atoms with Crippen molar-refractivity contribution in [1.82, 2.24) is 0 Å². The average molecular weight is 313 g/mol. The molecule has 1 aliphatic heterocycles. The van der Waals surface area contributed by atoms with Crippen molar-refractivity contribution in [3.8, 4) is 0 Å². The van der Waals surface area contributed by atoms with Gasteiger partial charge >= 0.3 is 0 Å². The van der Waals surface area contributed by atoms with Crippen LogP contribution in [0.25, 0.3) is 0 Å². The maximum absolute atomic E-state index is 10.1. The smallest absolute Gasteiger partial charge is 0.0637 e. The number of aryl methyl sites for hydroxylation is 1. The lowest BCUT2D eigenvalue weighted by molar-refractivity contribution is 0.0481. The molecule has 1 aliphatic rings. The van der Waals surface area contributed by atoms with Gasteiger partial charge in [-0.2, -0.15) is 0 Å². The standard InChI is InChI=1S/C14H21BrN2O/c1-10-8-13(11(15)9-12(10)16)17-6-3-4-14(2,18)5-7-17/h8-9,18H,3-7,16H2,1-2H3. The van der Waals surface area contributed by atoms with E-state index in [1.807, 2.05) is 19.9 Å². The average Bonchev–Trinajstić information content (AvgIpc) is 2.45. The molecule has 1 saturated heterocycles. The third-order valence-corrected chi connectivity index (χ3v) is 4.38. The van der Waals surface area contributed by atoms with Crippen molar-refractivity contribution in [2.24, 2.45) is 0 Å². The number of nitrogens with zero attached hydrogens (tertiary/aromatic N) is 1. The first-order chi connectivity index (χ1) is 8.39. The molecule has 0 aromatic heterocycles. The Morgan fingerprint density at radius 2 is 2.06 bits per heavy atom. The zero-order valence-corrected chi connectivity index (χ0v) is 12.6. The van der Waals surface area contributed by atoms with Crippen molar-refractivity contribution in [3.05, 3.63) is 22.2 Å². The highest BCUT2D eigenvalue weighted by atomic mass is 79.9. The van der Waals surface area contributed by atoms with Crippen LogP contribution in [0.4, 0.5) is 11.4 Å². The van der Waals surface area contributed by atoms with Crippen molar-refractivity contribution in [2.45, 2.75) is 38.7 Å².